The van der Waals surface area contributed by atoms with Crippen molar-refractivity contribution in [2.45, 2.75) is 111 Å². The Labute approximate surface area is 844 Å². The maximum absolute atomic E-state index is 15.2. The Morgan fingerprint density at radius 2 is 0.680 bits per heavy atom. The quantitative estimate of drug-likeness (QED) is 0.0584. The van der Waals surface area contributed by atoms with E-state index in [-0.39, 0.29) is 192 Å². The number of pyridine rings is 2. The Morgan fingerprint density at radius 3 is 1.09 bits per heavy atom. The first-order valence-electron chi connectivity index (χ1n) is 46.5. The molecule has 0 saturated carbocycles. The van der Waals surface area contributed by atoms with Crippen LogP contribution < -0.4 is 42.9 Å². The second-order valence-corrected chi connectivity index (χ2v) is 38.2. The average molecular weight is 2090 g/mol. The van der Waals surface area contributed by atoms with Gasteiger partial charge in [0.2, 0.25) is 35.4 Å². The highest BCUT2D eigenvalue weighted by Crippen LogP contribution is 2.55. The summed E-state index contributed by atoms with van der Waals surface area (Å²) < 4.78 is 189. The van der Waals surface area contributed by atoms with E-state index in [9.17, 15) is 68.6 Å². The number of aliphatic imine (C=N–C) groups is 5. The van der Waals surface area contributed by atoms with Crippen LogP contribution in [0.3, 0.4) is 0 Å². The lowest BCUT2D eigenvalue weighted by molar-refractivity contribution is -0.146. The number of guanidine groups is 5. The highest BCUT2D eigenvalue weighted by molar-refractivity contribution is 9.10. The van der Waals surface area contributed by atoms with Gasteiger partial charge in [-0.05, 0) is 197 Å². The van der Waals surface area contributed by atoms with Crippen LogP contribution in [0.2, 0.25) is 0 Å². The van der Waals surface area contributed by atoms with Crippen LogP contribution in [0.15, 0.2) is 242 Å². The Balaban J connectivity index is 0.000000126. The summed E-state index contributed by atoms with van der Waals surface area (Å²) in [4.78, 5) is 102. The molecule has 0 radical (unpaired) electrons. The molecule has 0 aliphatic carbocycles. The number of ether oxygens (including phenoxy) is 8. The predicted octanol–water partition coefficient (Wildman–Crippen LogP) is 15.4. The first-order valence-corrected chi connectivity index (χ1v) is 47.3. The molecule has 0 bridgehead atoms. The monoisotopic (exact) mass is 2090 g/mol. The molecule has 11 N–H and O–H groups in total. The SMILES string of the molecule is CN1C(=O)[C@@H]2C[C@H](c3ccc(F)cc3)OC[C@]2(c2cc(Br)ccc2F)N=C1N.CN1C(=O)[C@@H]2C[C@H](c3ccc(F)cc3)OC[C@]2(c2cc(O)ccc2F)N=C1N.C[C@H]1C[C@H]2C(=O)N(C)C(N)=N[C@@]2(c2cc(Oc3cc(F)ccc3F)ccc2F)CO1.C[C@H]1C[C@H]2C(=O)N(C)C(N)=N[C@@]2(c2cc(Oc3cc4ccccc4cn3)ccc2F)CO1.C[C@H]1C[C@H]2C(=O)N(C)C(N)=N[C@@]2(c2cc(Oc3cncc(F)c3)ccc2F)CO1. The number of phenolic OH excluding ortho intramolecular Hbond substituents is 1. The van der Waals surface area contributed by atoms with Crippen molar-refractivity contribution in [2.24, 2.45) is 83.2 Å². The van der Waals surface area contributed by atoms with E-state index in [1.54, 1.807) is 62.8 Å². The molecule has 42 heteroatoms. The van der Waals surface area contributed by atoms with E-state index in [1.807, 2.05) is 51.1 Å². The Hall–Kier alpha value is -15.0. The summed E-state index contributed by atoms with van der Waals surface area (Å²) in [6.07, 6.45) is 4.25. The van der Waals surface area contributed by atoms with Crippen LogP contribution in [0.5, 0.6) is 40.4 Å². The lowest BCUT2D eigenvalue weighted by atomic mass is 9.72. The molecule has 10 aliphatic rings. The van der Waals surface area contributed by atoms with Crippen molar-refractivity contribution < 1.29 is 111 Å². The minimum atomic E-state index is -1.38. The molecule has 147 heavy (non-hydrogen) atoms. The van der Waals surface area contributed by atoms with Crippen molar-refractivity contribution in [3.63, 3.8) is 0 Å². The van der Waals surface area contributed by atoms with E-state index in [0.717, 1.165) is 58.9 Å². The van der Waals surface area contributed by atoms with Crippen LogP contribution in [0, 0.1) is 87.8 Å². The van der Waals surface area contributed by atoms with Gasteiger partial charge in [-0.2, -0.15) is 0 Å². The van der Waals surface area contributed by atoms with E-state index in [4.69, 9.17) is 66.6 Å². The van der Waals surface area contributed by atoms with Crippen LogP contribution in [0.25, 0.3) is 10.8 Å². The largest absolute Gasteiger partial charge is 0.508 e. The molecule has 5 amide bonds. The Bertz CT molecular complexity index is 6990. The van der Waals surface area contributed by atoms with Gasteiger partial charge >= 0.3 is 0 Å². The van der Waals surface area contributed by atoms with Gasteiger partial charge in [0, 0.05) is 97.3 Å². The number of amides is 5. The zero-order chi connectivity index (χ0) is 105. The molecule has 766 valence electrons. The van der Waals surface area contributed by atoms with E-state index in [1.165, 1.54) is 137 Å². The second kappa shape index (κ2) is 41.5. The summed E-state index contributed by atoms with van der Waals surface area (Å²) in [6, 6.07) is 45.7. The van der Waals surface area contributed by atoms with Crippen molar-refractivity contribution in [3.05, 3.63) is 314 Å². The van der Waals surface area contributed by atoms with Gasteiger partial charge in [-0.15, -0.1) is 0 Å². The Morgan fingerprint density at radius 1 is 0.340 bits per heavy atom. The number of carbonyl (C=O) groups excluding carboxylic acids is 5. The summed E-state index contributed by atoms with van der Waals surface area (Å²) in [5.74, 6) is -9.51. The van der Waals surface area contributed by atoms with Gasteiger partial charge in [-0.3, -0.25) is 53.5 Å². The third-order valence-corrected chi connectivity index (χ3v) is 28.6. The van der Waals surface area contributed by atoms with E-state index >= 15 is 4.39 Å². The number of carbonyl (C=O) groups is 5. The fourth-order valence-corrected chi connectivity index (χ4v) is 20.4. The smallest absolute Gasteiger partial charge is 0.235 e. The van der Waals surface area contributed by atoms with Gasteiger partial charge < -0.3 is 71.7 Å². The molecule has 5 saturated heterocycles. The van der Waals surface area contributed by atoms with Crippen molar-refractivity contribution in [2.75, 3.05) is 68.3 Å². The minimum Gasteiger partial charge on any atom is -0.508 e. The van der Waals surface area contributed by atoms with E-state index in [0.29, 0.717) is 40.9 Å². The van der Waals surface area contributed by atoms with Gasteiger partial charge in [0.25, 0.3) is 0 Å². The molecular weight excluding hydrogens is 1990 g/mol. The number of hydrogen-bond donors (Lipinski definition) is 6. The van der Waals surface area contributed by atoms with Crippen LogP contribution >= 0.6 is 15.9 Å². The molecule has 21 rings (SSSR count). The Kier molecular flexibility index (Phi) is 29.2. The fourth-order valence-electron chi connectivity index (χ4n) is 20.0. The van der Waals surface area contributed by atoms with Gasteiger partial charge in [0.1, 0.15) is 109 Å². The molecule has 5 fully saturated rings. The summed E-state index contributed by atoms with van der Waals surface area (Å²) in [5.41, 5.74) is 25.4. The maximum atomic E-state index is 15.2. The van der Waals surface area contributed by atoms with Crippen LogP contribution in [-0.4, -0.2) is 185 Å². The summed E-state index contributed by atoms with van der Waals surface area (Å²) in [7, 11) is 7.68. The summed E-state index contributed by atoms with van der Waals surface area (Å²) >= 11 is 3.36. The summed E-state index contributed by atoms with van der Waals surface area (Å²) in [6.45, 7) is 5.42. The number of aromatic hydroxyl groups is 1. The van der Waals surface area contributed by atoms with Gasteiger partial charge in [-0.1, -0.05) is 64.5 Å². The van der Waals surface area contributed by atoms with Crippen LogP contribution in [0.1, 0.15) is 104 Å². The molecule has 2 aromatic heterocycles. The third-order valence-electron chi connectivity index (χ3n) is 28.1. The average Bonchev–Trinajstić information content (AvgIpc) is 0.741. The molecule has 12 heterocycles. The number of nitrogens with zero attached hydrogens (tertiary/aromatic N) is 12. The predicted molar refractivity (Wildman–Crippen MR) is 521 cm³/mol. The summed E-state index contributed by atoms with van der Waals surface area (Å²) in [5, 5.41) is 11.8. The van der Waals surface area contributed by atoms with E-state index < -0.39 is 116 Å². The lowest BCUT2D eigenvalue weighted by Crippen LogP contribution is -2.59. The third kappa shape index (κ3) is 20.3. The van der Waals surface area contributed by atoms with Crippen LogP contribution in [0.4, 0.5) is 43.9 Å². The molecule has 15 atom stereocenters. The number of fused-ring (bicyclic) bond motifs is 6. The number of halogens is 11. The highest BCUT2D eigenvalue weighted by atomic mass is 79.9. The number of aromatic nitrogens is 2. The molecule has 10 aliphatic heterocycles. The molecule has 0 spiro atoms. The normalized spacial score (nSPS) is 26.6. The van der Waals surface area contributed by atoms with Gasteiger partial charge in [-0.25, -0.2) is 73.9 Å². The second-order valence-electron chi connectivity index (χ2n) is 37.3. The van der Waals surface area contributed by atoms with Crippen molar-refractivity contribution in [1.29, 1.82) is 0 Å². The number of hydrogen-bond acceptors (Lipinski definition) is 26. The molecule has 31 nitrogen and oxygen atoms in total. The van der Waals surface area contributed by atoms with E-state index in [2.05, 4.69) is 50.9 Å². The topological polar surface area (TPSA) is 413 Å². The number of phenols is 1. The highest BCUT2D eigenvalue weighted by Gasteiger charge is 2.61. The molecule has 9 aromatic carbocycles. The minimum absolute atomic E-state index is 0.000999. The van der Waals surface area contributed by atoms with Gasteiger partial charge in [0.15, 0.2) is 41.4 Å². The zero-order valence-corrected chi connectivity index (χ0v) is 81.8. The molecule has 0 unspecified atom stereocenters. The fraction of sp³-hybridized carbons (Fsp3) is 0.314. The van der Waals surface area contributed by atoms with Gasteiger partial charge in [0.05, 0.1) is 106 Å². The molecule has 11 aromatic rings. The first-order chi connectivity index (χ1) is 70.0. The van der Waals surface area contributed by atoms with Crippen molar-refractivity contribution in [3.8, 4) is 40.4 Å². The van der Waals surface area contributed by atoms with Crippen molar-refractivity contribution in [1.82, 2.24) is 34.5 Å². The van der Waals surface area contributed by atoms with Crippen molar-refractivity contribution >= 4 is 86.0 Å². The lowest BCUT2D eigenvalue weighted by Gasteiger charge is -2.47. The zero-order valence-electron chi connectivity index (χ0n) is 80.2. The standard InChI is InChI=1S/C24H23FN4O3.C21H20F3N3O3.C20H18BrF2N3O2.C20H20F2N4O3.C20H19F2N3O3/c1-14-9-19-22(30)29(2)23(26)28-24(19,13-31-14)18-11-17(7-8-20(18)25)32-21-10-15-5-3-4-6-16(15)12-27-21;1-11-7-15-19(28)27(2)20(25)26-21(15,10-29-11)14-9-13(4-6-16(14)23)30-18-8-12(22)3-5-17(18)24;1-26-18(27)15-9-17(11-2-5-13(22)6-3-11)28-10-20(15,25-19(26)24)14-8-12(21)4-7-16(14)23;1-11-5-16-18(27)26(2)19(23)25-20(16,10-28-11)15-7-13(3-4-17(15)22)29-14-6-12(21)8-24-9-14;1-25-18(27)15-9-17(11-2-4-12(21)5-3-11)28-10-20(15,24-19(25)23)14-8-13(26)6-7-16(14)22/h3-8,10-12,14,19H,9,13H2,1-2H3,(H2,26,28);3-6,8-9,11,15H,7,10H2,1-2H3,(H2,25,26);2-8,15,17H,9-10H2,1H3,(H2,24,25);3-4,6-9,11,16H,5,10H2,1-2H3,(H2,23,25);2-8,15,17,26H,9-10H2,1H3,(H2,23,24)/t14-,19-,24+;11-,15-,21+;15-,17+,20+;11-,16-,20+;15-,17+,20+/m00000/s1. The number of rotatable bonds is 13. The maximum Gasteiger partial charge on any atom is 0.235 e. The molecular formula is C105H100BrF10N17O14. The first kappa shape index (κ1) is 103. The number of nitrogens with two attached hydrogens (primary N) is 5. The van der Waals surface area contributed by atoms with Crippen LogP contribution in [-0.2, 0) is 75.4 Å². The number of benzene rings is 9.